The molecule has 0 aromatic heterocycles. The first-order valence-electron chi connectivity index (χ1n) is 7.57. The molecule has 22 heavy (non-hydrogen) atoms. The van der Waals surface area contributed by atoms with Crippen molar-refractivity contribution in [2.75, 3.05) is 71.9 Å². The summed E-state index contributed by atoms with van der Waals surface area (Å²) in [6.07, 6.45) is 0. The normalized spacial score (nSPS) is 18.1. The third-order valence-electron chi connectivity index (χ3n) is 3.16. The molecule has 0 fully saturated rings. The Labute approximate surface area is 131 Å². The maximum atomic E-state index is 5.80. The number of rotatable bonds is 1. The number of hydrogen-bond donors (Lipinski definition) is 0. The third kappa shape index (κ3) is 5.71. The summed E-state index contributed by atoms with van der Waals surface area (Å²) in [5, 5.41) is 0. The molecule has 6 heteroatoms. The van der Waals surface area contributed by atoms with Crippen LogP contribution in [0.2, 0.25) is 0 Å². The summed E-state index contributed by atoms with van der Waals surface area (Å²) in [6, 6.07) is 5.89. The summed E-state index contributed by atoms with van der Waals surface area (Å²) in [6.45, 7) is 4.26. The van der Waals surface area contributed by atoms with Crippen LogP contribution in [-0.4, -0.2) is 67.0 Å². The molecular weight excluding hydrogens is 286 g/mol. The Morgan fingerprint density at radius 2 is 1.18 bits per heavy atom. The second-order valence-corrected chi connectivity index (χ2v) is 5.06. The number of benzene rings is 1. The van der Waals surface area contributed by atoms with Crippen LogP contribution in [0.5, 0.6) is 11.5 Å². The molecule has 0 amide bonds. The standard InChI is InChI=1S/C16H25NO5/c1-17(2)14-3-4-15-16(13-14)22-12-10-20-8-6-18-5-7-19-9-11-21-15/h3-4,13H,5-12H2,1-2H3. The van der Waals surface area contributed by atoms with Gasteiger partial charge in [-0.3, -0.25) is 0 Å². The van der Waals surface area contributed by atoms with E-state index in [0.717, 1.165) is 17.2 Å². The molecule has 2 rings (SSSR count). The predicted octanol–water partition coefficient (Wildman–Crippen LogP) is 1.57. The van der Waals surface area contributed by atoms with Gasteiger partial charge in [-0.1, -0.05) is 0 Å². The fourth-order valence-electron chi connectivity index (χ4n) is 1.97. The zero-order valence-electron chi connectivity index (χ0n) is 13.4. The molecular formula is C16H25NO5. The van der Waals surface area contributed by atoms with E-state index in [4.69, 9.17) is 23.7 Å². The fraction of sp³-hybridized carbons (Fsp3) is 0.625. The summed E-state index contributed by atoms with van der Waals surface area (Å²) in [5.74, 6) is 1.45. The van der Waals surface area contributed by atoms with Gasteiger partial charge in [-0.15, -0.1) is 0 Å². The van der Waals surface area contributed by atoms with Crippen LogP contribution < -0.4 is 14.4 Å². The average molecular weight is 311 g/mol. The molecule has 0 aliphatic carbocycles. The zero-order chi connectivity index (χ0) is 15.6. The van der Waals surface area contributed by atoms with Gasteiger partial charge in [0.25, 0.3) is 0 Å². The maximum absolute atomic E-state index is 5.80. The lowest BCUT2D eigenvalue weighted by atomic mass is 10.2. The van der Waals surface area contributed by atoms with Crippen molar-refractivity contribution in [1.82, 2.24) is 0 Å². The molecule has 124 valence electrons. The second kappa shape index (κ2) is 9.50. The highest BCUT2D eigenvalue weighted by atomic mass is 16.6. The molecule has 1 aromatic rings. The van der Waals surface area contributed by atoms with Gasteiger partial charge < -0.3 is 28.6 Å². The van der Waals surface area contributed by atoms with E-state index in [2.05, 4.69) is 0 Å². The van der Waals surface area contributed by atoms with E-state index in [1.807, 2.05) is 37.2 Å². The Morgan fingerprint density at radius 1 is 0.682 bits per heavy atom. The minimum Gasteiger partial charge on any atom is -0.487 e. The molecule has 0 saturated heterocycles. The molecule has 6 nitrogen and oxygen atoms in total. The van der Waals surface area contributed by atoms with Gasteiger partial charge in [-0.25, -0.2) is 0 Å². The van der Waals surface area contributed by atoms with Crippen molar-refractivity contribution in [3.8, 4) is 11.5 Å². The predicted molar refractivity (Wildman–Crippen MR) is 84.2 cm³/mol. The first kappa shape index (κ1) is 16.9. The minimum absolute atomic E-state index is 0.476. The van der Waals surface area contributed by atoms with Gasteiger partial charge in [0.05, 0.1) is 39.6 Å². The average Bonchev–Trinajstić information content (AvgIpc) is 2.52. The summed E-state index contributed by atoms with van der Waals surface area (Å²) in [5.41, 5.74) is 1.06. The summed E-state index contributed by atoms with van der Waals surface area (Å²) in [4.78, 5) is 2.02. The lowest BCUT2D eigenvalue weighted by Gasteiger charge is -2.17. The Morgan fingerprint density at radius 3 is 1.73 bits per heavy atom. The summed E-state index contributed by atoms with van der Waals surface area (Å²) < 4.78 is 27.8. The van der Waals surface area contributed by atoms with Gasteiger partial charge in [0, 0.05) is 25.8 Å². The monoisotopic (exact) mass is 311 g/mol. The van der Waals surface area contributed by atoms with Crippen LogP contribution in [0.1, 0.15) is 0 Å². The van der Waals surface area contributed by atoms with Crippen molar-refractivity contribution in [2.45, 2.75) is 0 Å². The van der Waals surface area contributed by atoms with Crippen molar-refractivity contribution < 1.29 is 23.7 Å². The highest BCUT2D eigenvalue weighted by molar-refractivity contribution is 5.55. The molecule has 0 radical (unpaired) electrons. The Hall–Kier alpha value is -1.50. The first-order valence-corrected chi connectivity index (χ1v) is 7.57. The van der Waals surface area contributed by atoms with E-state index in [-0.39, 0.29) is 0 Å². The van der Waals surface area contributed by atoms with Gasteiger partial charge in [0.15, 0.2) is 11.5 Å². The molecule has 0 N–H and O–H groups in total. The molecule has 0 saturated carbocycles. The molecule has 0 spiro atoms. The zero-order valence-corrected chi connectivity index (χ0v) is 13.4. The highest BCUT2D eigenvalue weighted by Crippen LogP contribution is 2.31. The molecule has 0 bridgehead atoms. The lowest BCUT2D eigenvalue weighted by molar-refractivity contribution is 0.00708. The fourth-order valence-corrected chi connectivity index (χ4v) is 1.97. The van der Waals surface area contributed by atoms with Gasteiger partial charge in [0.1, 0.15) is 13.2 Å². The first-order chi connectivity index (χ1) is 10.8. The number of fused-ring (bicyclic) bond motifs is 1. The van der Waals surface area contributed by atoms with Crippen LogP contribution in [0.4, 0.5) is 5.69 Å². The van der Waals surface area contributed by atoms with Crippen molar-refractivity contribution in [1.29, 1.82) is 0 Å². The Balaban J connectivity index is 2.01. The van der Waals surface area contributed by atoms with Crippen LogP contribution in [0.15, 0.2) is 18.2 Å². The van der Waals surface area contributed by atoms with Crippen molar-refractivity contribution in [2.24, 2.45) is 0 Å². The van der Waals surface area contributed by atoms with E-state index in [1.165, 1.54) is 0 Å². The minimum atomic E-state index is 0.476. The van der Waals surface area contributed by atoms with Gasteiger partial charge in [-0.05, 0) is 12.1 Å². The van der Waals surface area contributed by atoms with Gasteiger partial charge in [0.2, 0.25) is 0 Å². The quantitative estimate of drug-likeness (QED) is 0.785. The van der Waals surface area contributed by atoms with Crippen LogP contribution in [0.25, 0.3) is 0 Å². The van der Waals surface area contributed by atoms with E-state index in [0.29, 0.717) is 52.9 Å². The van der Waals surface area contributed by atoms with E-state index in [1.54, 1.807) is 0 Å². The molecule has 1 heterocycles. The van der Waals surface area contributed by atoms with Crippen molar-refractivity contribution >= 4 is 5.69 Å². The molecule has 1 aromatic carbocycles. The second-order valence-electron chi connectivity index (χ2n) is 5.06. The van der Waals surface area contributed by atoms with Crippen molar-refractivity contribution in [3.63, 3.8) is 0 Å². The van der Waals surface area contributed by atoms with Gasteiger partial charge in [-0.2, -0.15) is 0 Å². The van der Waals surface area contributed by atoms with Gasteiger partial charge >= 0.3 is 0 Å². The lowest BCUT2D eigenvalue weighted by Crippen LogP contribution is -2.13. The summed E-state index contributed by atoms with van der Waals surface area (Å²) >= 11 is 0. The SMILES string of the molecule is CN(C)c1ccc2c(c1)OCCOCCOCCOCCO2. The van der Waals surface area contributed by atoms with Crippen LogP contribution in [0, 0.1) is 0 Å². The van der Waals surface area contributed by atoms with E-state index in [9.17, 15) is 0 Å². The van der Waals surface area contributed by atoms with E-state index < -0.39 is 0 Å². The Bertz CT molecular complexity index is 439. The number of hydrogen-bond acceptors (Lipinski definition) is 6. The molecule has 0 unspecified atom stereocenters. The molecule has 0 atom stereocenters. The highest BCUT2D eigenvalue weighted by Gasteiger charge is 2.08. The van der Waals surface area contributed by atoms with Crippen LogP contribution >= 0.6 is 0 Å². The number of ether oxygens (including phenoxy) is 5. The topological polar surface area (TPSA) is 49.4 Å². The largest absolute Gasteiger partial charge is 0.487 e. The molecule has 1 aliphatic heterocycles. The smallest absolute Gasteiger partial charge is 0.163 e. The third-order valence-corrected chi connectivity index (χ3v) is 3.16. The van der Waals surface area contributed by atoms with E-state index >= 15 is 0 Å². The number of anilines is 1. The summed E-state index contributed by atoms with van der Waals surface area (Å²) in [7, 11) is 3.98. The van der Waals surface area contributed by atoms with Crippen molar-refractivity contribution in [3.05, 3.63) is 18.2 Å². The maximum Gasteiger partial charge on any atom is 0.163 e. The molecule has 1 aliphatic rings. The van der Waals surface area contributed by atoms with Crippen LogP contribution in [0.3, 0.4) is 0 Å². The number of nitrogens with zero attached hydrogens (tertiary/aromatic N) is 1. The van der Waals surface area contributed by atoms with Crippen LogP contribution in [-0.2, 0) is 14.2 Å². The Kier molecular flexibility index (Phi) is 7.28.